The Kier molecular flexibility index (Phi) is 7.10. The molecule has 6 heteroatoms. The van der Waals surface area contributed by atoms with Crippen LogP contribution in [0, 0.1) is 0 Å². The number of hydrogen-bond donors (Lipinski definition) is 3. The Morgan fingerprint density at radius 1 is 1.37 bits per heavy atom. The number of amides is 2. The van der Waals surface area contributed by atoms with Gasteiger partial charge in [-0.2, -0.15) is 0 Å². The third kappa shape index (κ3) is 7.56. The minimum Gasteiger partial charge on any atom is -0.356 e. The molecule has 4 N–H and O–H groups in total. The van der Waals surface area contributed by atoms with Crippen molar-refractivity contribution in [1.29, 1.82) is 0 Å². The molecule has 1 aliphatic heterocycles. The van der Waals surface area contributed by atoms with Crippen LogP contribution in [0.15, 0.2) is 4.99 Å². The second-order valence-electron chi connectivity index (χ2n) is 4.90. The van der Waals surface area contributed by atoms with Gasteiger partial charge in [0.2, 0.25) is 11.8 Å². The van der Waals surface area contributed by atoms with Crippen LogP contribution in [-0.4, -0.2) is 36.8 Å². The van der Waals surface area contributed by atoms with Crippen LogP contribution in [0.4, 0.5) is 0 Å². The minimum absolute atomic E-state index is 0.0179. The van der Waals surface area contributed by atoms with Gasteiger partial charge in [0.05, 0.1) is 0 Å². The predicted octanol–water partition coefficient (Wildman–Crippen LogP) is 0.319. The van der Waals surface area contributed by atoms with E-state index in [9.17, 15) is 9.59 Å². The summed E-state index contributed by atoms with van der Waals surface area (Å²) in [5.41, 5.74) is 5.88. The van der Waals surface area contributed by atoms with E-state index in [1.54, 1.807) is 0 Å². The van der Waals surface area contributed by atoms with Gasteiger partial charge >= 0.3 is 0 Å². The number of rotatable bonds is 6. The van der Waals surface area contributed by atoms with E-state index in [4.69, 9.17) is 5.73 Å². The first-order chi connectivity index (χ1) is 9.08. The quantitative estimate of drug-likeness (QED) is 0.647. The van der Waals surface area contributed by atoms with Crippen molar-refractivity contribution in [3.63, 3.8) is 0 Å². The smallest absolute Gasteiger partial charge is 0.225 e. The molecular weight excluding hydrogens is 244 g/mol. The van der Waals surface area contributed by atoms with Crippen LogP contribution in [0.3, 0.4) is 0 Å². The zero-order valence-corrected chi connectivity index (χ0v) is 11.6. The third-order valence-corrected chi connectivity index (χ3v) is 3.04. The maximum atomic E-state index is 11.7. The lowest BCUT2D eigenvalue weighted by molar-refractivity contribution is -0.120. The molecule has 0 bridgehead atoms. The van der Waals surface area contributed by atoms with E-state index in [2.05, 4.69) is 15.6 Å². The fourth-order valence-electron chi connectivity index (χ4n) is 1.92. The van der Waals surface area contributed by atoms with Crippen molar-refractivity contribution in [3.05, 3.63) is 0 Å². The number of carbonyl (C=O) groups is 2. The second-order valence-corrected chi connectivity index (χ2v) is 4.90. The van der Waals surface area contributed by atoms with Crippen molar-refractivity contribution in [1.82, 2.24) is 10.6 Å². The molecule has 0 aromatic rings. The number of nitrogens with two attached hydrogens (primary N) is 1. The minimum atomic E-state index is -0.0640. The number of amidine groups is 1. The normalized spacial score (nSPS) is 16.4. The van der Waals surface area contributed by atoms with Crippen molar-refractivity contribution < 1.29 is 9.59 Å². The molecule has 0 saturated carbocycles. The van der Waals surface area contributed by atoms with Crippen molar-refractivity contribution in [2.24, 2.45) is 10.7 Å². The lowest BCUT2D eigenvalue weighted by Gasteiger charge is -2.14. The molecule has 19 heavy (non-hydrogen) atoms. The highest BCUT2D eigenvalue weighted by atomic mass is 16.2. The molecule has 1 aliphatic rings. The summed E-state index contributed by atoms with van der Waals surface area (Å²) in [4.78, 5) is 26.6. The summed E-state index contributed by atoms with van der Waals surface area (Å²) in [7, 11) is 0. The zero-order valence-electron chi connectivity index (χ0n) is 11.6. The Morgan fingerprint density at radius 2 is 2.16 bits per heavy atom. The van der Waals surface area contributed by atoms with Crippen molar-refractivity contribution >= 4 is 17.6 Å². The van der Waals surface area contributed by atoms with Gasteiger partial charge in [-0.25, -0.2) is 0 Å². The number of nitrogens with one attached hydrogen (secondary N) is 2. The van der Waals surface area contributed by atoms with Gasteiger partial charge in [-0.15, -0.1) is 0 Å². The summed E-state index contributed by atoms with van der Waals surface area (Å²) >= 11 is 0. The highest BCUT2D eigenvalue weighted by molar-refractivity contribution is 5.98. The molecule has 0 saturated heterocycles. The van der Waals surface area contributed by atoms with Gasteiger partial charge in [0, 0.05) is 38.9 Å². The number of nitrogens with zero attached hydrogens (tertiary/aromatic N) is 1. The Labute approximate surface area is 114 Å². The van der Waals surface area contributed by atoms with Crippen molar-refractivity contribution in [3.8, 4) is 0 Å². The molecule has 6 nitrogen and oxygen atoms in total. The summed E-state index contributed by atoms with van der Waals surface area (Å²) in [5, 5.41) is 5.53. The summed E-state index contributed by atoms with van der Waals surface area (Å²) in [6, 6.07) is -0.0640. The molecule has 0 radical (unpaired) electrons. The molecular formula is C13H24N4O2. The van der Waals surface area contributed by atoms with Crippen molar-refractivity contribution in [2.45, 2.75) is 51.5 Å². The molecule has 0 aromatic heterocycles. The molecule has 108 valence electrons. The second kappa shape index (κ2) is 8.63. The van der Waals surface area contributed by atoms with E-state index < -0.39 is 0 Å². The summed E-state index contributed by atoms with van der Waals surface area (Å²) in [5.74, 6) is 0.735. The Balaban J connectivity index is 2.11. The summed E-state index contributed by atoms with van der Waals surface area (Å²) < 4.78 is 0. The van der Waals surface area contributed by atoms with Crippen LogP contribution < -0.4 is 16.4 Å². The predicted molar refractivity (Wildman–Crippen MR) is 74.8 cm³/mol. The lowest BCUT2D eigenvalue weighted by Crippen LogP contribution is -2.34. The summed E-state index contributed by atoms with van der Waals surface area (Å²) in [6.07, 6.45) is 4.77. The van der Waals surface area contributed by atoms with E-state index in [-0.39, 0.29) is 17.9 Å². The van der Waals surface area contributed by atoms with Gasteiger partial charge in [-0.3, -0.25) is 14.6 Å². The van der Waals surface area contributed by atoms with Gasteiger partial charge in [-0.1, -0.05) is 0 Å². The zero-order chi connectivity index (χ0) is 14.1. The van der Waals surface area contributed by atoms with Gasteiger partial charge < -0.3 is 16.4 Å². The molecule has 0 aromatic carbocycles. The van der Waals surface area contributed by atoms with Crippen LogP contribution in [-0.2, 0) is 9.59 Å². The fraction of sp³-hybridized carbons (Fsp3) is 0.769. The van der Waals surface area contributed by atoms with E-state index >= 15 is 0 Å². The molecule has 0 spiro atoms. The third-order valence-electron chi connectivity index (χ3n) is 3.04. The largest absolute Gasteiger partial charge is 0.356 e. The van der Waals surface area contributed by atoms with E-state index in [0.29, 0.717) is 25.8 Å². The molecule has 1 rings (SSSR count). The number of hydrogen-bond acceptors (Lipinski definition) is 4. The first-order valence-electron chi connectivity index (χ1n) is 6.91. The highest BCUT2D eigenvalue weighted by Crippen LogP contribution is 2.05. The van der Waals surface area contributed by atoms with Crippen LogP contribution in [0.25, 0.3) is 0 Å². The van der Waals surface area contributed by atoms with Crippen molar-refractivity contribution in [2.75, 3.05) is 13.1 Å². The van der Waals surface area contributed by atoms with Gasteiger partial charge in [-0.05, 0) is 25.7 Å². The van der Waals surface area contributed by atoms with Gasteiger partial charge in [0.1, 0.15) is 5.84 Å². The topological polar surface area (TPSA) is 96.6 Å². The maximum absolute atomic E-state index is 11.7. The van der Waals surface area contributed by atoms with Crippen LogP contribution >= 0.6 is 0 Å². The molecule has 0 aliphatic carbocycles. The van der Waals surface area contributed by atoms with E-state index in [1.165, 1.54) is 6.92 Å². The Bertz CT molecular complexity index is 342. The molecule has 1 unspecified atom stereocenters. The van der Waals surface area contributed by atoms with E-state index in [0.717, 1.165) is 31.6 Å². The molecule has 0 fully saturated rings. The average molecular weight is 268 g/mol. The van der Waals surface area contributed by atoms with Gasteiger partial charge in [0.25, 0.3) is 0 Å². The maximum Gasteiger partial charge on any atom is 0.225 e. The molecule has 1 heterocycles. The Morgan fingerprint density at radius 3 is 2.79 bits per heavy atom. The van der Waals surface area contributed by atoms with Crippen LogP contribution in [0.2, 0.25) is 0 Å². The lowest BCUT2D eigenvalue weighted by atomic mass is 10.1. The van der Waals surface area contributed by atoms with Crippen LogP contribution in [0.5, 0.6) is 0 Å². The fourth-order valence-corrected chi connectivity index (χ4v) is 1.92. The Hall–Kier alpha value is -1.43. The molecule has 1 atom stereocenters. The first-order valence-corrected chi connectivity index (χ1v) is 6.91. The average Bonchev–Trinajstić information content (AvgIpc) is 2.37. The number of carbonyl (C=O) groups excluding carboxylic acids is 2. The molecule has 2 amide bonds. The SMILES string of the molecule is CC(=O)NCCC(N)CCC(=O)NC1=NCCCC1. The highest BCUT2D eigenvalue weighted by Gasteiger charge is 2.11. The summed E-state index contributed by atoms with van der Waals surface area (Å²) in [6.45, 7) is 2.85. The number of aliphatic imine (C=N–C) groups is 1. The van der Waals surface area contributed by atoms with Crippen LogP contribution in [0.1, 0.15) is 45.4 Å². The standard InChI is InChI=1S/C13H24N4O2/c1-10(18)15-9-7-11(14)5-6-13(19)17-12-4-2-3-8-16-12/h11H,2-9,14H2,1H3,(H,15,18)(H,16,17,19). The monoisotopic (exact) mass is 268 g/mol. The van der Waals surface area contributed by atoms with E-state index in [1.807, 2.05) is 0 Å². The van der Waals surface area contributed by atoms with Gasteiger partial charge in [0.15, 0.2) is 0 Å². The first kappa shape index (κ1) is 15.6.